The van der Waals surface area contributed by atoms with Crippen molar-refractivity contribution in [1.29, 1.82) is 5.26 Å². The maximum absolute atomic E-state index is 13.7. The predicted octanol–water partition coefficient (Wildman–Crippen LogP) is 4.16. The molecule has 0 radical (unpaired) electrons. The highest BCUT2D eigenvalue weighted by molar-refractivity contribution is 5.96. The number of hydrogen-bond donors (Lipinski definition) is 3. The number of ether oxygens (including phenoxy) is 3. The van der Waals surface area contributed by atoms with Crippen LogP contribution in [0.25, 0.3) is 0 Å². The van der Waals surface area contributed by atoms with Crippen LogP contribution in [-0.2, 0) is 33.8 Å². The van der Waals surface area contributed by atoms with Crippen molar-refractivity contribution < 1.29 is 28.6 Å². The Morgan fingerprint density at radius 3 is 2.71 bits per heavy atom. The summed E-state index contributed by atoms with van der Waals surface area (Å²) in [5, 5.41) is 17.8. The number of urea groups is 1. The van der Waals surface area contributed by atoms with E-state index in [0.717, 1.165) is 11.1 Å². The number of fused-ring (bicyclic) bond motifs is 2. The number of aryl methyl sites for hydroxylation is 2. The molecule has 3 aliphatic rings. The molecule has 3 N–H and O–H groups in total. The summed E-state index contributed by atoms with van der Waals surface area (Å²) >= 11 is 0. The summed E-state index contributed by atoms with van der Waals surface area (Å²) in [6.45, 7) is 0.121. The maximum Gasteiger partial charge on any atom is 0.338 e. The van der Waals surface area contributed by atoms with E-state index in [-0.39, 0.29) is 24.9 Å². The van der Waals surface area contributed by atoms with Crippen LogP contribution in [0.4, 0.5) is 10.5 Å². The topological polar surface area (TPSA) is 139 Å². The third kappa shape index (κ3) is 5.56. The molecule has 3 aliphatic heterocycles. The van der Waals surface area contributed by atoms with Gasteiger partial charge < -0.3 is 30.2 Å². The Morgan fingerprint density at radius 2 is 1.83 bits per heavy atom. The fraction of sp³-hybridized carbons (Fsp3) is 0.226. The number of nitriles is 1. The molecule has 0 spiro atoms. The normalized spacial score (nSPS) is 17.1. The molecule has 1 unspecified atom stereocenters. The van der Waals surface area contributed by atoms with Crippen molar-refractivity contribution in [3.8, 4) is 17.6 Å². The lowest BCUT2D eigenvalue weighted by molar-refractivity contribution is -0.140. The molecule has 0 aromatic heterocycles. The monoisotopic (exact) mass is 550 g/mol. The van der Waals surface area contributed by atoms with Crippen LogP contribution in [0.5, 0.6) is 11.5 Å². The average Bonchev–Trinajstić information content (AvgIpc) is 3.46. The quantitative estimate of drug-likeness (QED) is 0.376. The summed E-state index contributed by atoms with van der Waals surface area (Å²) in [6, 6.07) is 18.8. The number of nitrogens with zero attached hydrogens (tertiary/aromatic N) is 1. The number of hydrogen-bond acceptors (Lipinski definition) is 7. The van der Waals surface area contributed by atoms with Gasteiger partial charge in [0.1, 0.15) is 6.61 Å². The van der Waals surface area contributed by atoms with Crippen molar-refractivity contribution in [3.63, 3.8) is 0 Å². The summed E-state index contributed by atoms with van der Waals surface area (Å²) in [6.07, 6.45) is 1.89. The molecule has 3 aromatic rings. The van der Waals surface area contributed by atoms with Crippen molar-refractivity contribution in [1.82, 2.24) is 10.6 Å². The van der Waals surface area contributed by atoms with Gasteiger partial charge in [-0.1, -0.05) is 30.3 Å². The number of amides is 3. The summed E-state index contributed by atoms with van der Waals surface area (Å²) in [5.74, 6) is 0.641. The molecule has 3 aromatic carbocycles. The fourth-order valence-corrected chi connectivity index (χ4v) is 5.20. The second-order valence-electron chi connectivity index (χ2n) is 9.96. The first-order chi connectivity index (χ1) is 20.0. The van der Waals surface area contributed by atoms with Crippen molar-refractivity contribution in [3.05, 3.63) is 99.8 Å². The second-order valence-corrected chi connectivity index (χ2v) is 9.96. The van der Waals surface area contributed by atoms with Gasteiger partial charge in [0, 0.05) is 17.8 Å². The van der Waals surface area contributed by atoms with Gasteiger partial charge in [0.25, 0.3) is 0 Å². The summed E-state index contributed by atoms with van der Waals surface area (Å²) in [7, 11) is 0. The number of nitrogens with one attached hydrogen (secondary N) is 3. The predicted molar refractivity (Wildman–Crippen MR) is 147 cm³/mol. The molecule has 1 atom stereocenters. The Balaban J connectivity index is 1.32. The maximum atomic E-state index is 13.7. The lowest BCUT2D eigenvalue weighted by Gasteiger charge is -2.30. The third-order valence-corrected chi connectivity index (χ3v) is 7.26. The lowest BCUT2D eigenvalue weighted by atomic mass is 9.91. The van der Waals surface area contributed by atoms with Crippen LogP contribution in [-0.4, -0.2) is 24.7 Å². The number of esters is 1. The van der Waals surface area contributed by atoms with Crippen LogP contribution in [0.3, 0.4) is 0 Å². The van der Waals surface area contributed by atoms with E-state index in [1.54, 1.807) is 30.3 Å². The minimum Gasteiger partial charge on any atom is -0.457 e. The van der Waals surface area contributed by atoms with Gasteiger partial charge in [-0.2, -0.15) is 5.26 Å². The van der Waals surface area contributed by atoms with Crippen LogP contribution in [0.1, 0.15) is 46.7 Å². The van der Waals surface area contributed by atoms with Crippen LogP contribution in [0.2, 0.25) is 0 Å². The van der Waals surface area contributed by atoms with Crippen molar-refractivity contribution >= 4 is 23.6 Å². The summed E-state index contributed by atoms with van der Waals surface area (Å²) in [4.78, 5) is 38.6. The minimum atomic E-state index is -0.808. The van der Waals surface area contributed by atoms with Gasteiger partial charge in [-0.05, 0) is 71.8 Å². The Hall–Kier alpha value is -5.30. The second kappa shape index (κ2) is 11.1. The number of carbonyl (C=O) groups excluding carboxylic acids is 3. The molecule has 0 saturated heterocycles. The number of rotatable bonds is 7. The van der Waals surface area contributed by atoms with E-state index >= 15 is 0 Å². The number of allylic oxidation sites excluding steroid dienone is 1. The smallest absolute Gasteiger partial charge is 0.338 e. The number of benzene rings is 3. The molecule has 206 valence electrons. The summed E-state index contributed by atoms with van der Waals surface area (Å²) in [5.41, 5.74) is 5.07. The first-order valence-electron chi connectivity index (χ1n) is 13.2. The highest BCUT2D eigenvalue weighted by Crippen LogP contribution is 2.35. The Labute approximate surface area is 235 Å². The van der Waals surface area contributed by atoms with E-state index in [1.807, 2.05) is 30.3 Å². The first-order valence-corrected chi connectivity index (χ1v) is 13.2. The van der Waals surface area contributed by atoms with E-state index in [0.29, 0.717) is 65.3 Å². The average molecular weight is 551 g/mol. The van der Waals surface area contributed by atoms with Crippen molar-refractivity contribution in [2.24, 2.45) is 0 Å². The van der Waals surface area contributed by atoms with Gasteiger partial charge in [-0.3, -0.25) is 4.79 Å². The molecule has 6 rings (SSSR count). The van der Waals surface area contributed by atoms with Gasteiger partial charge in [0.05, 0.1) is 23.2 Å². The first kappa shape index (κ1) is 26.0. The molecule has 0 saturated carbocycles. The third-order valence-electron chi connectivity index (χ3n) is 7.26. The zero-order valence-corrected chi connectivity index (χ0v) is 22.0. The summed E-state index contributed by atoms with van der Waals surface area (Å²) < 4.78 is 16.6. The molecule has 10 heteroatoms. The van der Waals surface area contributed by atoms with Crippen LogP contribution in [0, 0.1) is 11.3 Å². The van der Waals surface area contributed by atoms with Gasteiger partial charge in [0.15, 0.2) is 11.5 Å². The molecule has 0 aliphatic carbocycles. The highest BCUT2D eigenvalue weighted by atomic mass is 16.7. The van der Waals surface area contributed by atoms with E-state index in [2.05, 4.69) is 22.0 Å². The molecule has 0 bridgehead atoms. The molecule has 10 nitrogen and oxygen atoms in total. The van der Waals surface area contributed by atoms with E-state index in [9.17, 15) is 19.6 Å². The lowest BCUT2D eigenvalue weighted by Crippen LogP contribution is -2.46. The number of carbonyl (C=O) groups is 3. The molecule has 3 amide bonds. The Morgan fingerprint density at radius 1 is 0.951 bits per heavy atom. The fourth-order valence-electron chi connectivity index (χ4n) is 5.20. The zero-order chi connectivity index (χ0) is 28.3. The van der Waals surface area contributed by atoms with Gasteiger partial charge >= 0.3 is 12.0 Å². The number of anilines is 1. The van der Waals surface area contributed by atoms with Crippen LogP contribution >= 0.6 is 0 Å². The molecule has 3 heterocycles. The van der Waals surface area contributed by atoms with Gasteiger partial charge in [-0.15, -0.1) is 0 Å². The highest BCUT2D eigenvalue weighted by Gasteiger charge is 2.34. The van der Waals surface area contributed by atoms with E-state index in [1.165, 1.54) is 0 Å². The molecular formula is C31H26N4O6. The van der Waals surface area contributed by atoms with Gasteiger partial charge in [-0.25, -0.2) is 9.59 Å². The van der Waals surface area contributed by atoms with Crippen molar-refractivity contribution in [2.75, 3.05) is 12.1 Å². The standard InChI is InChI=1S/C31H26N4O6/c32-15-19-2-1-3-20(12-19)16-39-30(37)28-23(9-4-18-5-10-25-26(13-18)41-17-40-25)34-31(38)35-29(28)22-7-6-21-8-11-27(36)33-24(21)14-22/h1-3,5-7,10,12-14,29H,4,8-9,11,16-17H2,(H,33,36)(H2,34,35,38). The largest absolute Gasteiger partial charge is 0.457 e. The minimum absolute atomic E-state index is 0.0474. The SMILES string of the molecule is N#Cc1cccc(COC(=O)C2=C(CCc3ccc4c(c3)OCO4)NC(=O)NC2c2ccc3c(c2)NC(=O)CC3)c1. The van der Waals surface area contributed by atoms with E-state index < -0.39 is 18.0 Å². The zero-order valence-electron chi connectivity index (χ0n) is 22.0. The Kier molecular flexibility index (Phi) is 7.00. The van der Waals surface area contributed by atoms with Gasteiger partial charge in [0.2, 0.25) is 12.7 Å². The van der Waals surface area contributed by atoms with Crippen LogP contribution in [0.15, 0.2) is 71.9 Å². The molecule has 0 fully saturated rings. The van der Waals surface area contributed by atoms with E-state index in [4.69, 9.17) is 14.2 Å². The molecular weight excluding hydrogens is 524 g/mol. The molecule has 41 heavy (non-hydrogen) atoms. The van der Waals surface area contributed by atoms with Crippen LogP contribution < -0.4 is 25.4 Å². The van der Waals surface area contributed by atoms with Crippen molar-refractivity contribution in [2.45, 2.75) is 38.3 Å². The Bertz CT molecular complexity index is 1640.